The van der Waals surface area contributed by atoms with E-state index in [1.54, 1.807) is 18.1 Å². The quantitative estimate of drug-likeness (QED) is 0.284. The van der Waals surface area contributed by atoms with Crippen molar-refractivity contribution < 1.29 is 14.4 Å². The van der Waals surface area contributed by atoms with Crippen molar-refractivity contribution in [3.8, 4) is 0 Å². The molecule has 0 atom stereocenters. The van der Waals surface area contributed by atoms with Gasteiger partial charge in [-0.15, -0.1) is 0 Å². The van der Waals surface area contributed by atoms with Crippen LogP contribution in [0.1, 0.15) is 24.5 Å². The summed E-state index contributed by atoms with van der Waals surface area (Å²) in [6.45, 7) is 8.85. The molecule has 0 aliphatic rings. The van der Waals surface area contributed by atoms with E-state index in [9.17, 15) is 14.4 Å². The molecular weight excluding hydrogens is 408 g/mol. The minimum atomic E-state index is -0.281. The summed E-state index contributed by atoms with van der Waals surface area (Å²) in [6, 6.07) is 7.77. The number of likely N-dealkylation sites (N-methyl/N-ethyl adjacent to an activating group) is 1. The number of rotatable bonds is 14. The van der Waals surface area contributed by atoms with Crippen LogP contribution in [0.15, 0.2) is 41.2 Å². The maximum Gasteiger partial charge on any atom is 0.242 e. The van der Waals surface area contributed by atoms with Crippen molar-refractivity contribution in [2.75, 3.05) is 46.3 Å². The lowest BCUT2D eigenvalue weighted by Gasteiger charge is -2.25. The summed E-state index contributed by atoms with van der Waals surface area (Å²) in [4.78, 5) is 44.0. The third-order valence-electron chi connectivity index (χ3n) is 4.73. The first-order valence-corrected chi connectivity index (χ1v) is 10.7. The van der Waals surface area contributed by atoms with E-state index in [4.69, 9.17) is 5.73 Å². The van der Waals surface area contributed by atoms with E-state index in [2.05, 4.69) is 22.3 Å². The van der Waals surface area contributed by atoms with Crippen molar-refractivity contribution in [2.45, 2.75) is 26.7 Å². The Labute approximate surface area is 190 Å². The van der Waals surface area contributed by atoms with Crippen molar-refractivity contribution in [1.82, 2.24) is 20.4 Å². The van der Waals surface area contributed by atoms with E-state index in [0.717, 1.165) is 17.5 Å². The summed E-state index contributed by atoms with van der Waals surface area (Å²) >= 11 is 0. The largest absolute Gasteiger partial charge is 0.388 e. The van der Waals surface area contributed by atoms with E-state index in [0.29, 0.717) is 25.3 Å². The summed E-state index contributed by atoms with van der Waals surface area (Å²) in [7, 11) is 1.56. The minimum Gasteiger partial charge on any atom is -0.388 e. The summed E-state index contributed by atoms with van der Waals surface area (Å²) in [5.41, 5.74) is 8.13. The van der Waals surface area contributed by atoms with E-state index in [1.165, 1.54) is 4.90 Å². The van der Waals surface area contributed by atoms with Crippen LogP contribution in [-0.2, 0) is 20.8 Å². The molecule has 1 rings (SSSR count). The molecule has 0 heterocycles. The fraction of sp³-hybridized carbons (Fsp3) is 0.478. The number of carbonyl (C=O) groups is 3. The molecule has 9 nitrogen and oxygen atoms in total. The Morgan fingerprint density at radius 2 is 1.81 bits per heavy atom. The molecule has 1 aromatic carbocycles. The van der Waals surface area contributed by atoms with Crippen LogP contribution in [-0.4, -0.2) is 80.6 Å². The third-order valence-corrected chi connectivity index (χ3v) is 4.73. The van der Waals surface area contributed by atoms with Gasteiger partial charge in [0.2, 0.25) is 17.7 Å². The zero-order valence-corrected chi connectivity index (χ0v) is 19.4. The van der Waals surface area contributed by atoms with Crippen molar-refractivity contribution >= 4 is 24.4 Å². The molecule has 0 aliphatic carbocycles. The van der Waals surface area contributed by atoms with Crippen LogP contribution >= 0.6 is 0 Å². The highest BCUT2D eigenvalue weighted by Crippen LogP contribution is 2.07. The van der Waals surface area contributed by atoms with Crippen LogP contribution in [0.4, 0.5) is 0 Å². The normalized spacial score (nSPS) is 10.9. The van der Waals surface area contributed by atoms with Crippen LogP contribution in [0.3, 0.4) is 0 Å². The monoisotopic (exact) mass is 444 g/mol. The fourth-order valence-electron chi connectivity index (χ4n) is 2.83. The lowest BCUT2D eigenvalue weighted by Crippen LogP contribution is -2.46. The predicted molar refractivity (Wildman–Crippen MR) is 127 cm³/mol. The number of nitrogens with one attached hydrogen (secondary N) is 2. The molecule has 3 amide bonds. The molecule has 0 radical (unpaired) electrons. The van der Waals surface area contributed by atoms with Gasteiger partial charge in [-0.1, -0.05) is 36.8 Å². The van der Waals surface area contributed by atoms with Gasteiger partial charge in [-0.3, -0.25) is 19.4 Å². The van der Waals surface area contributed by atoms with E-state index in [1.807, 2.05) is 38.1 Å². The standard InChI is InChI=1S/C23H36N6O3/c1-5-12-29(22(31)13-19-8-6-18(2)7-9-19)17-23(32)28(4)16-21(30)27-11-10-26-15-20(14-24)25-3/h6-9,15,26H,3,5,10-14,16-17,24H2,1-2,4H3,(H,27,30)/b20-15-. The number of aliphatic imine (C=N–C) groups is 1. The van der Waals surface area contributed by atoms with E-state index < -0.39 is 0 Å². The Bertz CT molecular complexity index is 791. The Balaban J connectivity index is 2.47. The average molecular weight is 445 g/mol. The molecule has 0 bridgehead atoms. The van der Waals surface area contributed by atoms with Crippen molar-refractivity contribution in [1.29, 1.82) is 0 Å². The number of aryl methyl sites for hydroxylation is 1. The molecular formula is C23H36N6O3. The summed E-state index contributed by atoms with van der Waals surface area (Å²) in [5, 5.41) is 5.71. The smallest absolute Gasteiger partial charge is 0.242 e. The number of hydrogen-bond acceptors (Lipinski definition) is 6. The minimum absolute atomic E-state index is 0.0505. The van der Waals surface area contributed by atoms with Crippen molar-refractivity contribution in [2.24, 2.45) is 10.7 Å². The van der Waals surface area contributed by atoms with Gasteiger partial charge in [0.1, 0.15) is 0 Å². The Hall–Kier alpha value is -3.20. The Kier molecular flexibility index (Phi) is 12.4. The SMILES string of the molecule is C=N/C(=C\NCCNC(=O)CN(C)C(=O)CN(CCC)C(=O)Cc1ccc(C)cc1)CN. The Morgan fingerprint density at radius 1 is 1.12 bits per heavy atom. The zero-order chi connectivity index (χ0) is 23.9. The lowest BCUT2D eigenvalue weighted by atomic mass is 10.1. The highest BCUT2D eigenvalue weighted by atomic mass is 16.2. The van der Waals surface area contributed by atoms with Gasteiger partial charge in [0.15, 0.2) is 0 Å². The van der Waals surface area contributed by atoms with Crippen molar-refractivity contribution in [3.63, 3.8) is 0 Å². The topological polar surface area (TPSA) is 120 Å². The lowest BCUT2D eigenvalue weighted by molar-refractivity contribution is -0.140. The summed E-state index contributed by atoms with van der Waals surface area (Å²) < 4.78 is 0. The van der Waals surface area contributed by atoms with Crippen LogP contribution < -0.4 is 16.4 Å². The average Bonchev–Trinajstić information content (AvgIpc) is 2.77. The highest BCUT2D eigenvalue weighted by molar-refractivity contribution is 5.88. The summed E-state index contributed by atoms with van der Waals surface area (Å²) in [5.74, 6) is -0.663. The van der Waals surface area contributed by atoms with E-state index >= 15 is 0 Å². The molecule has 0 aromatic heterocycles. The third kappa shape index (κ3) is 10.2. The zero-order valence-electron chi connectivity index (χ0n) is 19.4. The Morgan fingerprint density at radius 3 is 2.41 bits per heavy atom. The molecule has 0 saturated heterocycles. The van der Waals surface area contributed by atoms with Gasteiger partial charge in [0, 0.05) is 39.4 Å². The number of nitrogens with two attached hydrogens (primary N) is 1. The van der Waals surface area contributed by atoms with E-state index in [-0.39, 0.29) is 43.8 Å². The molecule has 4 N–H and O–H groups in total. The molecule has 0 saturated carbocycles. The van der Waals surface area contributed by atoms with Crippen LogP contribution in [0, 0.1) is 6.92 Å². The summed E-state index contributed by atoms with van der Waals surface area (Å²) in [6.07, 6.45) is 2.63. The second-order valence-electron chi connectivity index (χ2n) is 7.53. The predicted octanol–water partition coefficient (Wildman–Crippen LogP) is 0.441. The van der Waals surface area contributed by atoms with Gasteiger partial charge in [-0.25, -0.2) is 0 Å². The first-order valence-electron chi connectivity index (χ1n) is 10.7. The van der Waals surface area contributed by atoms with Crippen LogP contribution in [0.2, 0.25) is 0 Å². The molecule has 32 heavy (non-hydrogen) atoms. The van der Waals surface area contributed by atoms with Crippen LogP contribution in [0.25, 0.3) is 0 Å². The maximum absolute atomic E-state index is 12.7. The number of nitrogens with zero attached hydrogens (tertiary/aromatic N) is 3. The highest BCUT2D eigenvalue weighted by Gasteiger charge is 2.20. The first kappa shape index (κ1) is 26.8. The molecule has 0 aliphatic heterocycles. The number of benzene rings is 1. The second-order valence-corrected chi connectivity index (χ2v) is 7.53. The number of hydrogen-bond donors (Lipinski definition) is 3. The van der Waals surface area contributed by atoms with Gasteiger partial charge < -0.3 is 26.2 Å². The van der Waals surface area contributed by atoms with Gasteiger partial charge in [-0.05, 0) is 25.6 Å². The molecule has 0 spiro atoms. The molecule has 176 valence electrons. The van der Waals surface area contributed by atoms with Crippen LogP contribution in [0.5, 0.6) is 0 Å². The maximum atomic E-state index is 12.7. The molecule has 9 heteroatoms. The van der Waals surface area contributed by atoms with Crippen molar-refractivity contribution in [3.05, 3.63) is 47.3 Å². The van der Waals surface area contributed by atoms with Gasteiger partial charge >= 0.3 is 0 Å². The number of amides is 3. The molecule has 0 unspecified atom stereocenters. The first-order chi connectivity index (χ1) is 15.3. The molecule has 0 fully saturated rings. The fourth-order valence-corrected chi connectivity index (χ4v) is 2.83. The van der Waals surface area contributed by atoms with Gasteiger partial charge in [-0.2, -0.15) is 0 Å². The molecule has 1 aromatic rings. The van der Waals surface area contributed by atoms with Gasteiger partial charge in [0.05, 0.1) is 25.2 Å². The number of carbonyl (C=O) groups excluding carboxylic acids is 3. The van der Waals surface area contributed by atoms with Gasteiger partial charge in [0.25, 0.3) is 0 Å². The second kappa shape index (κ2) is 14.7.